The third-order valence-corrected chi connectivity index (χ3v) is 6.06. The van der Waals surface area contributed by atoms with Crippen molar-refractivity contribution < 1.29 is 19.1 Å². The van der Waals surface area contributed by atoms with Gasteiger partial charge in [-0.1, -0.05) is 29.8 Å². The number of aryl methyl sites for hydroxylation is 1. The van der Waals surface area contributed by atoms with Gasteiger partial charge in [0.1, 0.15) is 6.54 Å². The summed E-state index contributed by atoms with van der Waals surface area (Å²) < 4.78 is 12.9. The van der Waals surface area contributed by atoms with Crippen LogP contribution in [0.3, 0.4) is 0 Å². The number of fused-ring (bicyclic) bond motifs is 1. The fraction of sp³-hybridized carbons (Fsp3) is 0.385. The Morgan fingerprint density at radius 1 is 1.11 bits per heavy atom. The quantitative estimate of drug-likeness (QED) is 0.496. The summed E-state index contributed by atoms with van der Waals surface area (Å²) in [5.74, 6) is -0.960. The van der Waals surface area contributed by atoms with Crippen LogP contribution in [-0.4, -0.2) is 40.3 Å². The zero-order valence-electron chi connectivity index (χ0n) is 19.9. The lowest BCUT2D eigenvalue weighted by atomic mass is 10.1. The lowest BCUT2D eigenvalue weighted by molar-refractivity contribution is -0.143. The summed E-state index contributed by atoms with van der Waals surface area (Å²) in [6.07, 6.45) is 1.38. The maximum Gasteiger partial charge on any atom is 0.332 e. The van der Waals surface area contributed by atoms with Crippen molar-refractivity contribution in [2.75, 3.05) is 13.2 Å². The number of ether oxygens (including phenoxy) is 2. The summed E-state index contributed by atoms with van der Waals surface area (Å²) in [4.78, 5) is 51.6. The number of nitrogens with zero attached hydrogens (tertiary/aromatic N) is 2. The van der Waals surface area contributed by atoms with Crippen LogP contribution >= 0.6 is 0 Å². The SMILES string of the molecule is CCOC(=O)Cn1c(=O)n(C[C@H]2CCCO2)c(=O)c2ccc(C(=O)NCc3ccc(C)cc3)cc21. The highest BCUT2D eigenvalue weighted by atomic mass is 16.5. The second-order valence-electron chi connectivity index (χ2n) is 8.62. The summed E-state index contributed by atoms with van der Waals surface area (Å²) in [6.45, 7) is 4.48. The Labute approximate surface area is 202 Å². The van der Waals surface area contributed by atoms with E-state index in [0.29, 0.717) is 13.2 Å². The van der Waals surface area contributed by atoms with Crippen molar-refractivity contribution in [3.63, 3.8) is 0 Å². The summed E-state index contributed by atoms with van der Waals surface area (Å²) in [7, 11) is 0. The first kappa shape index (κ1) is 24.4. The summed E-state index contributed by atoms with van der Waals surface area (Å²) >= 11 is 0. The molecule has 1 saturated heterocycles. The zero-order valence-corrected chi connectivity index (χ0v) is 19.9. The molecule has 3 aromatic rings. The number of nitrogens with one attached hydrogen (secondary N) is 1. The van der Waals surface area contributed by atoms with Crippen LogP contribution in [-0.2, 0) is 33.9 Å². The van der Waals surface area contributed by atoms with E-state index in [9.17, 15) is 19.2 Å². The number of benzene rings is 2. The molecule has 35 heavy (non-hydrogen) atoms. The van der Waals surface area contributed by atoms with Crippen LogP contribution in [0.5, 0.6) is 0 Å². The largest absolute Gasteiger partial charge is 0.465 e. The Morgan fingerprint density at radius 2 is 1.89 bits per heavy atom. The second-order valence-corrected chi connectivity index (χ2v) is 8.62. The minimum absolute atomic E-state index is 0.106. The van der Waals surface area contributed by atoms with Crippen LogP contribution in [0.4, 0.5) is 0 Å². The van der Waals surface area contributed by atoms with Crippen molar-refractivity contribution in [2.45, 2.75) is 52.4 Å². The smallest absolute Gasteiger partial charge is 0.332 e. The summed E-state index contributed by atoms with van der Waals surface area (Å²) in [6, 6.07) is 12.3. The number of aromatic nitrogens is 2. The Balaban J connectivity index is 1.70. The molecule has 1 aliphatic rings. The van der Waals surface area contributed by atoms with E-state index in [1.807, 2.05) is 31.2 Å². The number of hydrogen-bond acceptors (Lipinski definition) is 6. The van der Waals surface area contributed by atoms with Gasteiger partial charge in [-0.15, -0.1) is 0 Å². The van der Waals surface area contributed by atoms with Crippen LogP contribution in [0.1, 0.15) is 41.3 Å². The molecule has 1 aromatic heterocycles. The maximum atomic E-state index is 13.3. The third kappa shape index (κ3) is 5.51. The van der Waals surface area contributed by atoms with Gasteiger partial charge < -0.3 is 14.8 Å². The molecule has 0 aliphatic carbocycles. The molecule has 9 heteroatoms. The van der Waals surface area contributed by atoms with E-state index in [1.165, 1.54) is 16.7 Å². The van der Waals surface area contributed by atoms with Gasteiger partial charge in [0.25, 0.3) is 11.5 Å². The first-order valence-corrected chi connectivity index (χ1v) is 11.8. The fourth-order valence-corrected chi connectivity index (χ4v) is 4.19. The van der Waals surface area contributed by atoms with Crippen molar-refractivity contribution in [3.05, 3.63) is 80.0 Å². The summed E-state index contributed by atoms with van der Waals surface area (Å²) in [5.41, 5.74) is 1.44. The number of hydrogen-bond donors (Lipinski definition) is 1. The van der Waals surface area contributed by atoms with Gasteiger partial charge in [0.15, 0.2) is 0 Å². The minimum atomic E-state index is -0.636. The third-order valence-electron chi connectivity index (χ3n) is 6.06. The molecular formula is C26H29N3O6. The van der Waals surface area contributed by atoms with Crippen molar-refractivity contribution in [1.29, 1.82) is 0 Å². The molecule has 2 heterocycles. The second kappa shape index (κ2) is 10.7. The van der Waals surface area contributed by atoms with Gasteiger partial charge >= 0.3 is 11.7 Å². The molecule has 1 atom stereocenters. The first-order valence-electron chi connectivity index (χ1n) is 11.8. The molecule has 1 N–H and O–H groups in total. The van der Waals surface area contributed by atoms with Gasteiger partial charge in [-0.2, -0.15) is 0 Å². The number of carbonyl (C=O) groups is 2. The highest BCUT2D eigenvalue weighted by Crippen LogP contribution is 2.15. The lowest BCUT2D eigenvalue weighted by Crippen LogP contribution is -2.43. The molecule has 2 aromatic carbocycles. The normalized spacial score (nSPS) is 15.3. The summed E-state index contributed by atoms with van der Waals surface area (Å²) in [5, 5.41) is 3.09. The predicted molar refractivity (Wildman–Crippen MR) is 130 cm³/mol. The van der Waals surface area contributed by atoms with E-state index in [4.69, 9.17) is 9.47 Å². The van der Waals surface area contributed by atoms with Crippen molar-refractivity contribution >= 4 is 22.8 Å². The van der Waals surface area contributed by atoms with E-state index in [1.54, 1.807) is 13.0 Å². The van der Waals surface area contributed by atoms with Crippen LogP contribution in [0, 0.1) is 6.92 Å². The van der Waals surface area contributed by atoms with E-state index >= 15 is 0 Å². The molecule has 184 valence electrons. The van der Waals surface area contributed by atoms with E-state index in [0.717, 1.165) is 28.5 Å². The van der Waals surface area contributed by atoms with Crippen LogP contribution in [0.25, 0.3) is 10.9 Å². The Morgan fingerprint density at radius 3 is 2.57 bits per heavy atom. The van der Waals surface area contributed by atoms with E-state index < -0.39 is 17.2 Å². The van der Waals surface area contributed by atoms with E-state index in [-0.39, 0.29) is 48.2 Å². The number of rotatable bonds is 8. The molecule has 1 fully saturated rings. The number of amides is 1. The standard InChI is InChI=1S/C26H29N3O6/c1-3-34-23(30)16-28-22-13-19(24(31)27-14-18-8-6-17(2)7-9-18)10-11-21(22)25(32)29(26(28)33)15-20-5-4-12-35-20/h6-11,13,20H,3-5,12,14-16H2,1-2H3,(H,27,31)/t20-/m1/s1. The monoisotopic (exact) mass is 479 g/mol. The molecule has 0 spiro atoms. The topological polar surface area (TPSA) is 109 Å². The highest BCUT2D eigenvalue weighted by Gasteiger charge is 2.22. The molecule has 0 bridgehead atoms. The molecule has 0 saturated carbocycles. The number of esters is 1. The van der Waals surface area contributed by atoms with Crippen LogP contribution in [0.15, 0.2) is 52.1 Å². The lowest BCUT2D eigenvalue weighted by Gasteiger charge is -2.16. The fourth-order valence-electron chi connectivity index (χ4n) is 4.19. The zero-order chi connectivity index (χ0) is 24.9. The minimum Gasteiger partial charge on any atom is -0.465 e. The van der Waals surface area contributed by atoms with Crippen molar-refractivity contribution in [2.24, 2.45) is 0 Å². The van der Waals surface area contributed by atoms with Gasteiger partial charge in [-0.3, -0.25) is 23.5 Å². The first-order chi connectivity index (χ1) is 16.9. The molecule has 1 aliphatic heterocycles. The van der Waals surface area contributed by atoms with Gasteiger partial charge in [0.05, 0.1) is 30.2 Å². The molecule has 4 rings (SSSR count). The predicted octanol–water partition coefficient (Wildman–Crippen LogP) is 2.14. The van der Waals surface area contributed by atoms with E-state index in [2.05, 4.69) is 5.32 Å². The molecule has 0 radical (unpaired) electrons. The molecule has 0 unspecified atom stereocenters. The maximum absolute atomic E-state index is 13.3. The highest BCUT2D eigenvalue weighted by molar-refractivity contribution is 5.97. The van der Waals surface area contributed by atoms with Gasteiger partial charge in [-0.25, -0.2) is 4.79 Å². The van der Waals surface area contributed by atoms with Crippen LogP contribution in [0.2, 0.25) is 0 Å². The molecule has 1 amide bonds. The van der Waals surface area contributed by atoms with Gasteiger partial charge in [-0.05, 0) is 50.5 Å². The van der Waals surface area contributed by atoms with Gasteiger partial charge in [0, 0.05) is 18.7 Å². The van der Waals surface area contributed by atoms with Crippen LogP contribution < -0.4 is 16.6 Å². The Kier molecular flexibility index (Phi) is 7.45. The average Bonchev–Trinajstić information content (AvgIpc) is 3.37. The van der Waals surface area contributed by atoms with Gasteiger partial charge in [0.2, 0.25) is 0 Å². The average molecular weight is 480 g/mol. The Hall–Kier alpha value is -3.72. The van der Waals surface area contributed by atoms with Crippen molar-refractivity contribution in [1.82, 2.24) is 14.5 Å². The molecule has 9 nitrogen and oxygen atoms in total. The Bertz CT molecular complexity index is 1350. The molecular weight excluding hydrogens is 450 g/mol. The van der Waals surface area contributed by atoms with Crippen molar-refractivity contribution in [3.8, 4) is 0 Å². The number of carbonyl (C=O) groups excluding carboxylic acids is 2.